The van der Waals surface area contributed by atoms with E-state index in [9.17, 15) is 0 Å². The summed E-state index contributed by atoms with van der Waals surface area (Å²) in [5, 5.41) is 0. The van der Waals surface area contributed by atoms with Crippen LogP contribution in [0.2, 0.25) is 0 Å². The lowest BCUT2D eigenvalue weighted by atomic mass is 9.82. The summed E-state index contributed by atoms with van der Waals surface area (Å²) in [6, 6.07) is 18.3. The predicted octanol–water partition coefficient (Wildman–Crippen LogP) is 7.25. The van der Waals surface area contributed by atoms with Gasteiger partial charge in [-0.25, -0.2) is 0 Å². The van der Waals surface area contributed by atoms with Crippen LogP contribution in [0.5, 0.6) is 0 Å². The summed E-state index contributed by atoms with van der Waals surface area (Å²) in [4.78, 5) is 2.39. The number of benzene rings is 2. The smallest absolute Gasteiger partial charge is 0.0696 e. The summed E-state index contributed by atoms with van der Waals surface area (Å²) in [5.74, 6) is 0. The predicted molar refractivity (Wildman–Crippen MR) is 118 cm³/mol. The third kappa shape index (κ3) is 4.03. The van der Waals surface area contributed by atoms with Crippen LogP contribution in [0, 0.1) is 20.0 Å². The van der Waals surface area contributed by atoms with Gasteiger partial charge in [0.2, 0.25) is 0 Å². The first-order valence-corrected chi connectivity index (χ1v) is 10.4. The van der Waals surface area contributed by atoms with Crippen molar-refractivity contribution in [1.82, 2.24) is 0 Å². The lowest BCUT2D eigenvalue weighted by molar-refractivity contribution is 0.716. The van der Waals surface area contributed by atoms with E-state index < -0.39 is 0 Å². The summed E-state index contributed by atoms with van der Waals surface area (Å²) in [5.41, 5.74) is 9.56. The second kappa shape index (κ2) is 8.61. The Morgan fingerprint density at radius 3 is 1.96 bits per heavy atom. The van der Waals surface area contributed by atoms with Gasteiger partial charge in [0, 0.05) is 5.69 Å². The molecule has 1 heterocycles. The molecule has 1 heteroatoms. The van der Waals surface area contributed by atoms with E-state index >= 15 is 0 Å². The third-order valence-corrected chi connectivity index (χ3v) is 5.50. The number of anilines is 1. The Morgan fingerprint density at radius 1 is 0.852 bits per heavy atom. The van der Waals surface area contributed by atoms with E-state index in [1.54, 1.807) is 0 Å². The molecule has 0 saturated heterocycles. The molecule has 0 N–H and O–H groups in total. The minimum absolute atomic E-state index is 0.325. The zero-order valence-electron chi connectivity index (χ0n) is 17.5. The third-order valence-electron chi connectivity index (χ3n) is 5.50. The Labute approximate surface area is 165 Å². The molecular formula is C26H32N. The zero-order valence-corrected chi connectivity index (χ0v) is 17.5. The van der Waals surface area contributed by atoms with E-state index in [0.717, 1.165) is 25.7 Å². The second-order valence-electron chi connectivity index (χ2n) is 7.58. The fourth-order valence-corrected chi connectivity index (χ4v) is 4.08. The fraction of sp³-hybridized carbons (Fsp3) is 0.385. The van der Waals surface area contributed by atoms with E-state index in [2.05, 4.69) is 94.2 Å². The first kappa shape index (κ1) is 19.5. The molecule has 0 saturated carbocycles. The molecule has 0 spiro atoms. The quantitative estimate of drug-likeness (QED) is 0.525. The van der Waals surface area contributed by atoms with Crippen molar-refractivity contribution in [3.8, 4) is 0 Å². The summed E-state index contributed by atoms with van der Waals surface area (Å²) < 4.78 is 0. The number of hydrogen-bond acceptors (Lipinski definition) is 1. The molecule has 1 unspecified atom stereocenters. The topological polar surface area (TPSA) is 3.24 Å². The van der Waals surface area contributed by atoms with Crippen molar-refractivity contribution in [2.24, 2.45) is 0 Å². The first-order chi connectivity index (χ1) is 13.1. The molecule has 0 aliphatic carbocycles. The Kier molecular flexibility index (Phi) is 6.21. The molecule has 1 aliphatic rings. The molecule has 0 amide bonds. The molecule has 0 fully saturated rings. The number of aryl methyl sites for hydroxylation is 2. The van der Waals surface area contributed by atoms with Crippen LogP contribution in [0.1, 0.15) is 63.1 Å². The molecule has 2 aromatic rings. The number of nitrogens with zero attached hydrogens (tertiary/aromatic N) is 1. The average molecular weight is 359 g/mol. The lowest BCUT2D eigenvalue weighted by Gasteiger charge is -2.38. The minimum Gasteiger partial charge on any atom is -0.332 e. The van der Waals surface area contributed by atoms with Gasteiger partial charge in [-0.2, -0.15) is 0 Å². The van der Waals surface area contributed by atoms with E-state index in [1.807, 2.05) is 0 Å². The van der Waals surface area contributed by atoms with Crippen molar-refractivity contribution in [3.05, 3.63) is 82.6 Å². The minimum atomic E-state index is 0.325. The second-order valence-corrected chi connectivity index (χ2v) is 7.58. The lowest BCUT2D eigenvalue weighted by Crippen LogP contribution is -2.36. The van der Waals surface area contributed by atoms with Gasteiger partial charge in [-0.05, 0) is 67.5 Å². The van der Waals surface area contributed by atoms with Crippen molar-refractivity contribution >= 4 is 11.3 Å². The molecule has 1 aliphatic heterocycles. The largest absolute Gasteiger partial charge is 0.332 e. The van der Waals surface area contributed by atoms with Crippen LogP contribution in [0.25, 0.3) is 5.57 Å². The molecule has 0 aromatic heterocycles. The number of allylic oxidation sites excluding steroid dienone is 2. The van der Waals surface area contributed by atoms with Gasteiger partial charge in [0.25, 0.3) is 0 Å². The van der Waals surface area contributed by atoms with Gasteiger partial charge in [-0.15, -0.1) is 0 Å². The Morgan fingerprint density at radius 2 is 1.44 bits per heavy atom. The summed E-state index contributed by atoms with van der Waals surface area (Å²) in [6.45, 7) is 11.1. The van der Waals surface area contributed by atoms with Crippen LogP contribution < -0.4 is 4.90 Å². The molecule has 1 nitrogen and oxygen atoms in total. The van der Waals surface area contributed by atoms with Crippen LogP contribution in [-0.2, 0) is 0 Å². The SMILES string of the molecule is CCCC1=[C]N(c2ccc(C)cc2)C(CC)C(c2ccc(C)cc2)=C1CC. The van der Waals surface area contributed by atoms with E-state index in [-0.39, 0.29) is 0 Å². The summed E-state index contributed by atoms with van der Waals surface area (Å²) in [7, 11) is 0. The van der Waals surface area contributed by atoms with Crippen molar-refractivity contribution in [2.75, 3.05) is 4.90 Å². The maximum atomic E-state index is 3.80. The van der Waals surface area contributed by atoms with Gasteiger partial charge >= 0.3 is 0 Å². The average Bonchev–Trinajstić information content (AvgIpc) is 2.68. The van der Waals surface area contributed by atoms with Crippen molar-refractivity contribution in [1.29, 1.82) is 0 Å². The van der Waals surface area contributed by atoms with Crippen LogP contribution in [0.15, 0.2) is 59.7 Å². The molecule has 0 bridgehead atoms. The normalized spacial score (nSPS) is 17.3. The summed E-state index contributed by atoms with van der Waals surface area (Å²) >= 11 is 0. The highest BCUT2D eigenvalue weighted by molar-refractivity contribution is 5.81. The van der Waals surface area contributed by atoms with Gasteiger partial charge in [0.15, 0.2) is 0 Å². The highest BCUT2D eigenvalue weighted by atomic mass is 15.2. The molecule has 1 atom stereocenters. The van der Waals surface area contributed by atoms with E-state index in [1.165, 1.54) is 39.1 Å². The molecule has 27 heavy (non-hydrogen) atoms. The van der Waals surface area contributed by atoms with Crippen LogP contribution in [-0.4, -0.2) is 6.04 Å². The first-order valence-electron chi connectivity index (χ1n) is 10.4. The van der Waals surface area contributed by atoms with Gasteiger partial charge in [0.05, 0.1) is 12.2 Å². The van der Waals surface area contributed by atoms with Crippen molar-refractivity contribution < 1.29 is 0 Å². The standard InChI is InChI=1S/C26H32N/c1-6-9-22-18-27(23-16-12-20(5)13-17-23)25(8-3)26(24(22)7-2)21-14-10-19(4)11-15-21/h10-17,25H,6-9H2,1-5H3. The van der Waals surface area contributed by atoms with Crippen LogP contribution >= 0.6 is 0 Å². The van der Waals surface area contributed by atoms with Gasteiger partial charge in [0.1, 0.15) is 0 Å². The Balaban J connectivity index is 2.16. The van der Waals surface area contributed by atoms with Gasteiger partial charge in [-0.1, -0.05) is 74.7 Å². The van der Waals surface area contributed by atoms with Crippen LogP contribution in [0.3, 0.4) is 0 Å². The van der Waals surface area contributed by atoms with E-state index in [0.29, 0.717) is 6.04 Å². The van der Waals surface area contributed by atoms with Crippen molar-refractivity contribution in [2.45, 2.75) is 66.3 Å². The molecule has 3 rings (SSSR count). The maximum absolute atomic E-state index is 3.80. The monoisotopic (exact) mass is 358 g/mol. The molecule has 2 aromatic carbocycles. The fourth-order valence-electron chi connectivity index (χ4n) is 4.08. The van der Waals surface area contributed by atoms with E-state index in [4.69, 9.17) is 0 Å². The Bertz CT molecular complexity index is 822. The maximum Gasteiger partial charge on any atom is 0.0696 e. The number of hydrogen-bond donors (Lipinski definition) is 0. The number of rotatable bonds is 6. The zero-order chi connectivity index (χ0) is 19.4. The van der Waals surface area contributed by atoms with Crippen LogP contribution in [0.4, 0.5) is 5.69 Å². The summed E-state index contributed by atoms with van der Waals surface area (Å²) in [6.07, 6.45) is 8.14. The Hall–Kier alpha value is -2.28. The highest BCUT2D eigenvalue weighted by Crippen LogP contribution is 2.40. The van der Waals surface area contributed by atoms with Gasteiger partial charge < -0.3 is 4.90 Å². The highest BCUT2D eigenvalue weighted by Gasteiger charge is 2.30. The molecular weight excluding hydrogens is 326 g/mol. The van der Waals surface area contributed by atoms with Gasteiger partial charge in [-0.3, -0.25) is 0 Å². The van der Waals surface area contributed by atoms with Crippen molar-refractivity contribution in [3.63, 3.8) is 0 Å². The molecule has 141 valence electrons. The molecule has 1 radical (unpaired) electrons.